The summed E-state index contributed by atoms with van der Waals surface area (Å²) in [5, 5.41) is 0. The van der Waals surface area contributed by atoms with Gasteiger partial charge in [-0.1, -0.05) is 6.92 Å². The van der Waals surface area contributed by atoms with Gasteiger partial charge < -0.3 is 0 Å². The van der Waals surface area contributed by atoms with E-state index >= 15 is 0 Å². The molecule has 0 fully saturated rings. The zero-order valence-corrected chi connectivity index (χ0v) is 11.3. The third kappa shape index (κ3) is 3.14. The number of hydrogen-bond acceptors (Lipinski definition) is 2. The van der Waals surface area contributed by atoms with Crippen molar-refractivity contribution in [3.8, 4) is 0 Å². The van der Waals surface area contributed by atoms with Crippen LogP contribution in [-0.2, 0) is 4.79 Å². The number of nitrogens with zero attached hydrogens (tertiary/aromatic N) is 2. The predicted molar refractivity (Wildman–Crippen MR) is 69.1 cm³/mol. The van der Waals surface area contributed by atoms with E-state index in [0.29, 0.717) is 6.42 Å². The molecule has 0 bridgehead atoms. The molecule has 16 heavy (non-hydrogen) atoms. The fourth-order valence-electron chi connectivity index (χ4n) is 1.34. The average Bonchev–Trinajstić information content (AvgIpc) is 2.18. The normalized spacial score (nSPS) is 13.9. The molecule has 0 rings (SSSR count). The zero-order valence-electron chi connectivity index (χ0n) is 11.3. The third-order valence-electron chi connectivity index (χ3n) is 2.83. The molecule has 0 saturated carbocycles. The standard InChI is InChI=1S/C13H23N2O/c1-8-12(11(5)14-9-2)13(16)15(6,7)10(3)4/h9H,3,8H2,1-2,4-7H3/q+1. The van der Waals surface area contributed by atoms with Crippen LogP contribution >= 0.6 is 0 Å². The van der Waals surface area contributed by atoms with E-state index in [1.807, 2.05) is 41.8 Å². The van der Waals surface area contributed by atoms with Gasteiger partial charge in [-0.3, -0.25) is 4.99 Å². The molecule has 0 unspecified atom stereocenters. The lowest BCUT2D eigenvalue weighted by Crippen LogP contribution is -2.44. The summed E-state index contributed by atoms with van der Waals surface area (Å²) in [5.41, 5.74) is 2.39. The van der Waals surface area contributed by atoms with Crippen molar-refractivity contribution in [3.05, 3.63) is 23.5 Å². The molecule has 0 aromatic heterocycles. The van der Waals surface area contributed by atoms with Crippen LogP contribution in [0.4, 0.5) is 0 Å². The number of rotatable bonds is 4. The van der Waals surface area contributed by atoms with Gasteiger partial charge in [-0.05, 0) is 26.8 Å². The first-order valence-electron chi connectivity index (χ1n) is 5.52. The number of carbonyl (C=O) groups is 1. The van der Waals surface area contributed by atoms with Crippen molar-refractivity contribution in [2.75, 3.05) is 14.1 Å². The second kappa shape index (κ2) is 5.75. The SMILES string of the molecule is C=C(C)[N+](C)(C)C(=O)C(CC)=C(C)N=CC. The third-order valence-corrected chi connectivity index (χ3v) is 2.83. The van der Waals surface area contributed by atoms with E-state index in [1.54, 1.807) is 6.21 Å². The molecule has 0 radical (unpaired) electrons. The van der Waals surface area contributed by atoms with E-state index in [-0.39, 0.29) is 10.4 Å². The van der Waals surface area contributed by atoms with Crippen LogP contribution in [0.3, 0.4) is 0 Å². The molecular formula is C13H23N2O+. The van der Waals surface area contributed by atoms with Crippen LogP contribution < -0.4 is 0 Å². The van der Waals surface area contributed by atoms with Crippen molar-refractivity contribution >= 4 is 12.1 Å². The van der Waals surface area contributed by atoms with Gasteiger partial charge in [-0.25, -0.2) is 9.28 Å². The molecule has 0 heterocycles. The van der Waals surface area contributed by atoms with Crippen LogP contribution in [0.5, 0.6) is 0 Å². The number of amides is 1. The molecule has 0 N–H and O–H groups in total. The lowest BCUT2D eigenvalue weighted by molar-refractivity contribution is -0.771. The van der Waals surface area contributed by atoms with Gasteiger partial charge in [0.2, 0.25) is 0 Å². The molecule has 0 aliphatic heterocycles. The number of quaternary nitrogens is 1. The lowest BCUT2D eigenvalue weighted by Gasteiger charge is -2.27. The summed E-state index contributed by atoms with van der Waals surface area (Å²) >= 11 is 0. The van der Waals surface area contributed by atoms with Crippen LogP contribution in [0.25, 0.3) is 0 Å². The molecule has 1 amide bonds. The smallest absolute Gasteiger partial charge is 0.266 e. The number of hydrogen-bond donors (Lipinski definition) is 0. The molecule has 0 aromatic rings. The van der Waals surface area contributed by atoms with E-state index < -0.39 is 0 Å². The second-order valence-electron chi connectivity index (χ2n) is 4.30. The molecule has 0 atom stereocenters. The van der Waals surface area contributed by atoms with Crippen LogP contribution in [-0.4, -0.2) is 30.7 Å². The summed E-state index contributed by atoms with van der Waals surface area (Å²) in [6, 6.07) is 0. The van der Waals surface area contributed by atoms with Crippen molar-refractivity contribution in [2.24, 2.45) is 4.99 Å². The zero-order chi connectivity index (χ0) is 12.9. The second-order valence-corrected chi connectivity index (χ2v) is 4.30. The summed E-state index contributed by atoms with van der Waals surface area (Å²) in [6.07, 6.45) is 2.40. The molecule has 3 heteroatoms. The van der Waals surface area contributed by atoms with Crippen molar-refractivity contribution in [1.29, 1.82) is 0 Å². The van der Waals surface area contributed by atoms with Gasteiger partial charge in [0.05, 0.1) is 19.7 Å². The highest BCUT2D eigenvalue weighted by atomic mass is 16.2. The molecular weight excluding hydrogens is 200 g/mol. The van der Waals surface area contributed by atoms with E-state index in [2.05, 4.69) is 11.6 Å². The van der Waals surface area contributed by atoms with Crippen LogP contribution in [0, 0.1) is 0 Å². The minimum Gasteiger partial charge on any atom is -0.266 e. The summed E-state index contributed by atoms with van der Waals surface area (Å²) < 4.78 is 0.180. The highest BCUT2D eigenvalue weighted by Crippen LogP contribution is 2.19. The molecule has 0 aliphatic carbocycles. The molecule has 90 valence electrons. The van der Waals surface area contributed by atoms with E-state index in [0.717, 1.165) is 17.0 Å². The summed E-state index contributed by atoms with van der Waals surface area (Å²) in [4.78, 5) is 16.5. The topological polar surface area (TPSA) is 29.4 Å². The Morgan fingerprint density at radius 1 is 1.38 bits per heavy atom. The minimum atomic E-state index is 0.0677. The molecule has 0 spiro atoms. The van der Waals surface area contributed by atoms with Crippen LogP contribution in [0.2, 0.25) is 0 Å². The predicted octanol–water partition coefficient (Wildman–Crippen LogP) is 2.90. The number of carbonyl (C=O) groups excluding carboxylic acids is 1. The molecule has 0 saturated heterocycles. The van der Waals surface area contributed by atoms with Crippen molar-refractivity contribution in [3.63, 3.8) is 0 Å². The fraction of sp³-hybridized carbons (Fsp3) is 0.538. The Hall–Kier alpha value is -1.22. The van der Waals surface area contributed by atoms with Crippen LogP contribution in [0.1, 0.15) is 34.1 Å². The van der Waals surface area contributed by atoms with Gasteiger partial charge in [-0.2, -0.15) is 0 Å². The van der Waals surface area contributed by atoms with E-state index in [9.17, 15) is 4.79 Å². The maximum absolute atomic E-state index is 12.3. The largest absolute Gasteiger partial charge is 0.347 e. The Bertz CT molecular complexity index is 349. The van der Waals surface area contributed by atoms with Crippen LogP contribution in [0.15, 0.2) is 28.5 Å². The average molecular weight is 223 g/mol. The molecule has 0 aromatic carbocycles. The lowest BCUT2D eigenvalue weighted by atomic mass is 10.1. The maximum Gasteiger partial charge on any atom is 0.347 e. The first-order valence-corrected chi connectivity index (χ1v) is 5.52. The Kier molecular flexibility index (Phi) is 5.31. The Morgan fingerprint density at radius 2 is 1.88 bits per heavy atom. The van der Waals surface area contributed by atoms with Gasteiger partial charge in [-0.15, -0.1) is 0 Å². The van der Waals surface area contributed by atoms with Crippen molar-refractivity contribution < 1.29 is 9.28 Å². The molecule has 3 nitrogen and oxygen atoms in total. The number of allylic oxidation sites excluding steroid dienone is 2. The minimum absolute atomic E-state index is 0.0677. The van der Waals surface area contributed by atoms with Gasteiger partial charge >= 0.3 is 5.91 Å². The highest BCUT2D eigenvalue weighted by Gasteiger charge is 2.31. The first-order chi connectivity index (χ1) is 7.28. The van der Waals surface area contributed by atoms with Gasteiger partial charge in [0, 0.05) is 18.8 Å². The Balaban J connectivity index is 5.39. The van der Waals surface area contributed by atoms with Crippen molar-refractivity contribution in [2.45, 2.75) is 34.1 Å². The summed E-state index contributed by atoms with van der Waals surface area (Å²) in [6.45, 7) is 11.4. The van der Waals surface area contributed by atoms with E-state index in [4.69, 9.17) is 0 Å². The Morgan fingerprint density at radius 3 is 2.19 bits per heavy atom. The Labute approximate surface area is 98.8 Å². The van der Waals surface area contributed by atoms with Crippen molar-refractivity contribution in [1.82, 2.24) is 0 Å². The van der Waals surface area contributed by atoms with Gasteiger partial charge in [0.1, 0.15) is 5.70 Å². The molecule has 0 aliphatic rings. The number of likely N-dealkylation sites (N-methyl/N-ethyl adjacent to an activating group) is 1. The van der Waals surface area contributed by atoms with Gasteiger partial charge in [0.25, 0.3) is 0 Å². The van der Waals surface area contributed by atoms with Gasteiger partial charge in [0.15, 0.2) is 0 Å². The van der Waals surface area contributed by atoms with E-state index in [1.165, 1.54) is 0 Å². The summed E-state index contributed by atoms with van der Waals surface area (Å²) in [5.74, 6) is 0.0677. The first kappa shape index (κ1) is 14.8. The highest BCUT2D eigenvalue weighted by molar-refractivity contribution is 5.89. The quantitative estimate of drug-likeness (QED) is 0.409. The fourth-order valence-corrected chi connectivity index (χ4v) is 1.34. The monoisotopic (exact) mass is 223 g/mol. The summed E-state index contributed by atoms with van der Waals surface area (Å²) in [7, 11) is 3.70. The maximum atomic E-state index is 12.3. The number of aliphatic imine (C=N–C) groups is 1.